The number of pyridine rings is 1. The normalized spacial score (nSPS) is 13.7. The summed E-state index contributed by atoms with van der Waals surface area (Å²) in [6.07, 6.45) is 5.34. The molecule has 0 bridgehead atoms. The second-order valence-electron chi connectivity index (χ2n) is 7.38. The molecular formula is C20H27IN4O. The third-order valence-electron chi connectivity index (χ3n) is 4.01. The number of anilines is 1. The summed E-state index contributed by atoms with van der Waals surface area (Å²) in [5.41, 5.74) is 10.6. The number of aryl methyl sites for hydroxylation is 2. The Morgan fingerprint density at radius 3 is 2.65 bits per heavy atom. The molecule has 0 spiro atoms. The highest BCUT2D eigenvalue weighted by atomic mass is 127. The van der Waals surface area contributed by atoms with E-state index >= 15 is 0 Å². The summed E-state index contributed by atoms with van der Waals surface area (Å²) in [6.45, 7) is 6.47. The van der Waals surface area contributed by atoms with Crippen molar-refractivity contribution in [3.63, 3.8) is 0 Å². The second-order valence-corrected chi connectivity index (χ2v) is 7.38. The number of nitrogens with zero attached hydrogens (tertiary/aromatic N) is 2. The van der Waals surface area contributed by atoms with Gasteiger partial charge in [0, 0.05) is 18.0 Å². The number of aliphatic imine (C=N–C) groups is 1. The SMILES string of the molecule is CC(C)(C)Oc1ccc(CN=C(N)Nc2ccc3c(c2)CCC3)cn1.I. The standard InChI is InChI=1S/C20H26N4O.HI/c1-20(2,3)25-18-10-7-14(12-22-18)13-23-19(21)24-17-9-8-15-5-4-6-16(15)11-17;/h7-12H,4-6,13H2,1-3H3,(H3,21,23,24);1H. The van der Waals surface area contributed by atoms with Crippen molar-refractivity contribution in [1.29, 1.82) is 0 Å². The highest BCUT2D eigenvalue weighted by Crippen LogP contribution is 2.24. The summed E-state index contributed by atoms with van der Waals surface area (Å²) in [5, 5.41) is 3.17. The molecule has 26 heavy (non-hydrogen) atoms. The van der Waals surface area contributed by atoms with Crippen LogP contribution in [0.4, 0.5) is 5.69 Å². The van der Waals surface area contributed by atoms with Crippen molar-refractivity contribution in [2.24, 2.45) is 10.7 Å². The van der Waals surface area contributed by atoms with Gasteiger partial charge in [0.15, 0.2) is 5.96 Å². The monoisotopic (exact) mass is 466 g/mol. The van der Waals surface area contributed by atoms with E-state index in [-0.39, 0.29) is 29.6 Å². The maximum absolute atomic E-state index is 6.01. The molecule has 0 fully saturated rings. The van der Waals surface area contributed by atoms with Gasteiger partial charge in [-0.2, -0.15) is 0 Å². The molecule has 3 rings (SSSR count). The fourth-order valence-electron chi connectivity index (χ4n) is 2.89. The average molecular weight is 466 g/mol. The lowest BCUT2D eigenvalue weighted by atomic mass is 10.1. The van der Waals surface area contributed by atoms with Gasteiger partial charge >= 0.3 is 0 Å². The molecular weight excluding hydrogens is 439 g/mol. The lowest BCUT2D eigenvalue weighted by molar-refractivity contribution is 0.124. The Kier molecular flexibility index (Phi) is 6.86. The molecule has 1 aromatic heterocycles. The number of aromatic nitrogens is 1. The molecule has 0 atom stereocenters. The number of hydrogen-bond acceptors (Lipinski definition) is 3. The van der Waals surface area contributed by atoms with Crippen molar-refractivity contribution in [3.05, 3.63) is 53.2 Å². The van der Waals surface area contributed by atoms with Crippen LogP contribution in [0.1, 0.15) is 43.9 Å². The van der Waals surface area contributed by atoms with Gasteiger partial charge in [0.2, 0.25) is 5.88 Å². The number of hydrogen-bond donors (Lipinski definition) is 2. The number of rotatable bonds is 4. The predicted octanol–water partition coefficient (Wildman–Crippen LogP) is 4.29. The molecule has 6 heteroatoms. The predicted molar refractivity (Wildman–Crippen MR) is 117 cm³/mol. The number of nitrogens with two attached hydrogens (primary N) is 1. The van der Waals surface area contributed by atoms with Crippen LogP contribution in [0.15, 0.2) is 41.5 Å². The molecule has 3 N–H and O–H groups in total. The third kappa shape index (κ3) is 5.86. The summed E-state index contributed by atoms with van der Waals surface area (Å²) in [5.74, 6) is 1.03. The van der Waals surface area contributed by atoms with Crippen LogP contribution in [-0.4, -0.2) is 16.5 Å². The van der Waals surface area contributed by atoms with Crippen molar-refractivity contribution < 1.29 is 4.74 Å². The number of halogens is 1. The Morgan fingerprint density at radius 2 is 1.96 bits per heavy atom. The largest absolute Gasteiger partial charge is 0.472 e. The zero-order chi connectivity index (χ0) is 17.9. The maximum atomic E-state index is 6.01. The molecule has 140 valence electrons. The Bertz CT molecular complexity index is 766. The van der Waals surface area contributed by atoms with E-state index in [0.717, 1.165) is 17.7 Å². The van der Waals surface area contributed by atoms with E-state index in [2.05, 4.69) is 33.5 Å². The molecule has 0 unspecified atom stereocenters. The van der Waals surface area contributed by atoms with Crippen molar-refractivity contribution in [3.8, 4) is 5.88 Å². The number of ether oxygens (including phenoxy) is 1. The topological polar surface area (TPSA) is 72.5 Å². The van der Waals surface area contributed by atoms with Gasteiger partial charge in [-0.1, -0.05) is 12.1 Å². The first-order valence-corrected chi connectivity index (χ1v) is 8.72. The van der Waals surface area contributed by atoms with Gasteiger partial charge in [-0.15, -0.1) is 24.0 Å². The molecule has 5 nitrogen and oxygen atoms in total. The third-order valence-corrected chi connectivity index (χ3v) is 4.01. The first-order valence-electron chi connectivity index (χ1n) is 8.72. The quantitative estimate of drug-likeness (QED) is 0.401. The highest BCUT2D eigenvalue weighted by molar-refractivity contribution is 14.0. The summed E-state index contributed by atoms with van der Waals surface area (Å²) in [7, 11) is 0. The van der Waals surface area contributed by atoms with Crippen LogP contribution < -0.4 is 15.8 Å². The Hall–Kier alpha value is -1.83. The lowest BCUT2D eigenvalue weighted by Gasteiger charge is -2.20. The maximum Gasteiger partial charge on any atom is 0.213 e. The fraction of sp³-hybridized carbons (Fsp3) is 0.400. The van der Waals surface area contributed by atoms with Crippen LogP contribution in [-0.2, 0) is 19.4 Å². The minimum Gasteiger partial charge on any atom is -0.472 e. The summed E-state index contributed by atoms with van der Waals surface area (Å²) in [6, 6.07) is 10.2. The average Bonchev–Trinajstić information content (AvgIpc) is 3.00. The van der Waals surface area contributed by atoms with Gasteiger partial charge in [-0.05, 0) is 68.9 Å². The fourth-order valence-corrected chi connectivity index (χ4v) is 2.89. The van der Waals surface area contributed by atoms with Crippen LogP contribution in [0.3, 0.4) is 0 Å². The Labute approximate surface area is 172 Å². The van der Waals surface area contributed by atoms with Crippen molar-refractivity contribution in [2.45, 2.75) is 52.2 Å². The van der Waals surface area contributed by atoms with E-state index in [1.54, 1.807) is 6.20 Å². The molecule has 0 amide bonds. The molecule has 0 saturated carbocycles. The van der Waals surface area contributed by atoms with Gasteiger partial charge in [0.05, 0.1) is 6.54 Å². The first-order chi connectivity index (χ1) is 11.9. The molecule has 0 saturated heterocycles. The number of fused-ring (bicyclic) bond motifs is 1. The van der Waals surface area contributed by atoms with Crippen molar-refractivity contribution >= 4 is 35.6 Å². The van der Waals surface area contributed by atoms with Crippen LogP contribution in [0.25, 0.3) is 0 Å². The Morgan fingerprint density at radius 1 is 1.19 bits per heavy atom. The van der Waals surface area contributed by atoms with Gasteiger partial charge in [0.25, 0.3) is 0 Å². The van der Waals surface area contributed by atoms with Crippen LogP contribution >= 0.6 is 24.0 Å². The molecule has 0 radical (unpaired) electrons. The Balaban J connectivity index is 0.00000243. The van der Waals surface area contributed by atoms with Gasteiger partial charge in [-0.3, -0.25) is 0 Å². The molecule has 1 aromatic carbocycles. The van der Waals surface area contributed by atoms with E-state index in [9.17, 15) is 0 Å². The minimum atomic E-state index is -0.253. The first kappa shape index (κ1) is 20.5. The minimum absolute atomic E-state index is 0. The lowest BCUT2D eigenvalue weighted by Crippen LogP contribution is -2.23. The van der Waals surface area contributed by atoms with Gasteiger partial charge in [0.1, 0.15) is 5.60 Å². The van der Waals surface area contributed by atoms with Crippen LogP contribution in [0.2, 0.25) is 0 Å². The number of benzene rings is 1. The summed E-state index contributed by atoms with van der Waals surface area (Å²) >= 11 is 0. The van der Waals surface area contributed by atoms with Gasteiger partial charge in [-0.25, -0.2) is 9.98 Å². The smallest absolute Gasteiger partial charge is 0.213 e. The number of guanidine groups is 1. The molecule has 0 aliphatic heterocycles. The summed E-state index contributed by atoms with van der Waals surface area (Å²) < 4.78 is 5.71. The molecule has 1 heterocycles. The van der Waals surface area contributed by atoms with Crippen molar-refractivity contribution in [2.75, 3.05) is 5.32 Å². The van der Waals surface area contributed by atoms with Crippen LogP contribution in [0.5, 0.6) is 5.88 Å². The van der Waals surface area contributed by atoms with E-state index < -0.39 is 0 Å². The van der Waals surface area contributed by atoms with Crippen molar-refractivity contribution in [1.82, 2.24) is 4.98 Å². The highest BCUT2D eigenvalue weighted by Gasteiger charge is 2.12. The van der Waals surface area contributed by atoms with Crippen LogP contribution in [0, 0.1) is 0 Å². The van der Waals surface area contributed by atoms with Gasteiger partial charge < -0.3 is 15.8 Å². The zero-order valence-electron chi connectivity index (χ0n) is 15.6. The number of nitrogens with one attached hydrogen (secondary N) is 1. The van der Waals surface area contributed by atoms with E-state index in [4.69, 9.17) is 10.5 Å². The van der Waals surface area contributed by atoms with E-state index in [1.807, 2.05) is 32.9 Å². The summed E-state index contributed by atoms with van der Waals surface area (Å²) in [4.78, 5) is 8.70. The molecule has 1 aliphatic carbocycles. The molecule has 2 aromatic rings. The van der Waals surface area contributed by atoms with E-state index in [0.29, 0.717) is 18.4 Å². The zero-order valence-corrected chi connectivity index (χ0v) is 17.9. The van der Waals surface area contributed by atoms with E-state index in [1.165, 1.54) is 24.0 Å². The molecule has 1 aliphatic rings. The second kappa shape index (κ2) is 8.70.